The number of halogens is 2. The molecule has 0 unspecified atom stereocenters. The number of aromatic nitrogens is 1. The predicted molar refractivity (Wildman–Crippen MR) is 99.9 cm³/mol. The number of carbonyl (C=O) groups is 2. The van der Waals surface area contributed by atoms with Gasteiger partial charge in [-0.3, -0.25) is 4.79 Å². The highest BCUT2D eigenvalue weighted by atomic mass is 32.1. The van der Waals surface area contributed by atoms with Crippen molar-refractivity contribution in [2.75, 3.05) is 17.2 Å². The minimum Gasteiger partial charge on any atom is -0.448 e. The number of thiazole rings is 1. The average Bonchev–Trinajstić information content (AvgIpc) is 3.06. The first-order chi connectivity index (χ1) is 12.8. The fourth-order valence-electron chi connectivity index (χ4n) is 2.02. The van der Waals surface area contributed by atoms with Crippen LogP contribution in [0.1, 0.15) is 37.7 Å². The third-order valence-corrected chi connectivity index (χ3v) is 4.35. The zero-order valence-corrected chi connectivity index (χ0v) is 16.0. The topological polar surface area (TPSA) is 80.3 Å². The van der Waals surface area contributed by atoms with Crippen LogP contribution in [0.3, 0.4) is 0 Å². The van der Waals surface area contributed by atoms with Crippen LogP contribution < -0.4 is 10.6 Å². The van der Waals surface area contributed by atoms with Gasteiger partial charge < -0.3 is 15.4 Å². The first-order valence-electron chi connectivity index (χ1n) is 8.42. The molecule has 0 radical (unpaired) electrons. The van der Waals surface area contributed by atoms with Crippen molar-refractivity contribution < 1.29 is 23.1 Å². The molecule has 1 heterocycles. The van der Waals surface area contributed by atoms with Crippen LogP contribution in [0.4, 0.5) is 19.6 Å². The molecule has 2 rings (SSSR count). The van der Waals surface area contributed by atoms with Crippen LogP contribution in [-0.2, 0) is 9.53 Å². The lowest BCUT2D eigenvalue weighted by Gasteiger charge is -2.13. The van der Waals surface area contributed by atoms with E-state index in [0.29, 0.717) is 17.1 Å². The van der Waals surface area contributed by atoms with Gasteiger partial charge in [0.15, 0.2) is 16.9 Å². The van der Waals surface area contributed by atoms with Crippen molar-refractivity contribution >= 4 is 34.0 Å². The van der Waals surface area contributed by atoms with Crippen molar-refractivity contribution in [3.8, 4) is 0 Å². The van der Waals surface area contributed by atoms with Crippen LogP contribution in [0.15, 0.2) is 23.6 Å². The lowest BCUT2D eigenvalue weighted by atomic mass is 10.1. The summed E-state index contributed by atoms with van der Waals surface area (Å²) < 4.78 is 31.5. The van der Waals surface area contributed by atoms with Gasteiger partial charge in [0, 0.05) is 18.0 Å². The average molecular weight is 397 g/mol. The van der Waals surface area contributed by atoms with Crippen LogP contribution >= 0.6 is 11.3 Å². The molecule has 0 saturated heterocycles. The second-order valence-electron chi connectivity index (χ2n) is 6.31. The molecule has 0 spiro atoms. The van der Waals surface area contributed by atoms with Gasteiger partial charge in [-0.15, -0.1) is 11.3 Å². The molecule has 27 heavy (non-hydrogen) atoms. The summed E-state index contributed by atoms with van der Waals surface area (Å²) in [6.45, 7) is 6.30. The number of carbonyl (C=O) groups excluding carboxylic acids is 2. The Morgan fingerprint density at radius 2 is 2.00 bits per heavy atom. The van der Waals surface area contributed by atoms with Crippen molar-refractivity contribution in [3.05, 3.63) is 40.9 Å². The number of esters is 1. The number of anilines is 2. The van der Waals surface area contributed by atoms with E-state index < -0.39 is 29.6 Å². The summed E-state index contributed by atoms with van der Waals surface area (Å²) >= 11 is 1.26. The molecule has 0 aliphatic carbocycles. The highest BCUT2D eigenvalue weighted by molar-refractivity contribution is 7.13. The Labute approximate surface area is 160 Å². The summed E-state index contributed by atoms with van der Waals surface area (Å²) in [5.74, 6) is -2.62. The quantitative estimate of drug-likeness (QED) is 0.657. The predicted octanol–water partition coefficient (Wildman–Crippen LogP) is 4.06. The van der Waals surface area contributed by atoms with Gasteiger partial charge in [-0.2, -0.15) is 0 Å². The first-order valence-corrected chi connectivity index (χ1v) is 9.30. The fourth-order valence-corrected chi connectivity index (χ4v) is 2.72. The lowest BCUT2D eigenvalue weighted by molar-refractivity contribution is -0.123. The van der Waals surface area contributed by atoms with Crippen molar-refractivity contribution in [2.45, 2.75) is 33.3 Å². The second-order valence-corrected chi connectivity index (χ2v) is 7.17. The van der Waals surface area contributed by atoms with E-state index in [-0.39, 0.29) is 11.4 Å². The van der Waals surface area contributed by atoms with E-state index in [2.05, 4.69) is 29.5 Å². The Morgan fingerprint density at radius 1 is 1.26 bits per heavy atom. The minimum atomic E-state index is -1.18. The third kappa shape index (κ3) is 6.28. The van der Waals surface area contributed by atoms with Gasteiger partial charge in [-0.05, 0) is 31.4 Å². The normalized spacial score (nSPS) is 11.9. The molecular formula is C18H21F2N3O3S. The number of nitrogens with one attached hydrogen (secondary N) is 2. The summed E-state index contributed by atoms with van der Waals surface area (Å²) in [6.07, 6.45) is -0.211. The highest BCUT2D eigenvalue weighted by Gasteiger charge is 2.22. The SMILES string of the molecule is CC(C)CCNc1nc(C(=O)O[C@@H](C)C(=O)Nc2ccc(F)cc2F)cs1. The zero-order chi connectivity index (χ0) is 20.0. The van der Waals surface area contributed by atoms with E-state index in [1.54, 1.807) is 0 Å². The molecule has 146 valence electrons. The van der Waals surface area contributed by atoms with Crippen molar-refractivity contribution in [2.24, 2.45) is 5.92 Å². The van der Waals surface area contributed by atoms with E-state index >= 15 is 0 Å². The van der Waals surface area contributed by atoms with E-state index in [1.165, 1.54) is 23.6 Å². The highest BCUT2D eigenvalue weighted by Crippen LogP contribution is 2.18. The van der Waals surface area contributed by atoms with Gasteiger partial charge in [0.25, 0.3) is 5.91 Å². The molecule has 0 aliphatic heterocycles. The van der Waals surface area contributed by atoms with Crippen molar-refractivity contribution in [1.82, 2.24) is 4.98 Å². The number of amides is 1. The van der Waals surface area contributed by atoms with E-state index in [0.717, 1.165) is 25.1 Å². The maximum absolute atomic E-state index is 13.6. The fraction of sp³-hybridized carbons (Fsp3) is 0.389. The summed E-state index contributed by atoms with van der Waals surface area (Å²) in [4.78, 5) is 28.3. The molecule has 9 heteroatoms. The Bertz CT molecular complexity index is 811. The maximum Gasteiger partial charge on any atom is 0.358 e. The molecule has 0 fully saturated rings. The summed E-state index contributed by atoms with van der Waals surface area (Å²) in [5.41, 5.74) is -0.116. The largest absolute Gasteiger partial charge is 0.448 e. The monoisotopic (exact) mass is 397 g/mol. The van der Waals surface area contributed by atoms with E-state index in [9.17, 15) is 18.4 Å². The molecule has 0 aliphatic rings. The van der Waals surface area contributed by atoms with Crippen LogP contribution in [0, 0.1) is 17.6 Å². The molecule has 1 aromatic carbocycles. The standard InChI is InChI=1S/C18H21F2N3O3S/c1-10(2)6-7-21-18-23-15(9-27-18)17(25)26-11(3)16(24)22-14-5-4-12(19)8-13(14)20/h4-5,8-11H,6-7H2,1-3H3,(H,21,23)(H,22,24)/t11-/m0/s1. The summed E-state index contributed by atoms with van der Waals surface area (Å²) in [6, 6.07) is 2.75. The van der Waals surface area contributed by atoms with Crippen LogP contribution in [0.25, 0.3) is 0 Å². The summed E-state index contributed by atoms with van der Waals surface area (Å²) in [7, 11) is 0. The number of hydrogen-bond acceptors (Lipinski definition) is 6. The maximum atomic E-state index is 13.6. The Kier molecular flexibility index (Phi) is 7.23. The molecule has 1 atom stereocenters. The Morgan fingerprint density at radius 3 is 2.67 bits per heavy atom. The number of benzene rings is 1. The third-order valence-electron chi connectivity index (χ3n) is 3.55. The Hall–Kier alpha value is -2.55. The van der Waals surface area contributed by atoms with Gasteiger partial charge >= 0.3 is 5.97 Å². The zero-order valence-electron chi connectivity index (χ0n) is 15.2. The van der Waals surface area contributed by atoms with Crippen molar-refractivity contribution in [3.63, 3.8) is 0 Å². The molecule has 2 N–H and O–H groups in total. The molecule has 2 aromatic rings. The minimum absolute atomic E-state index is 0.0830. The number of rotatable bonds is 8. The van der Waals surface area contributed by atoms with Gasteiger partial charge in [0.1, 0.15) is 11.6 Å². The number of hydrogen-bond donors (Lipinski definition) is 2. The second kappa shape index (κ2) is 9.40. The smallest absolute Gasteiger partial charge is 0.358 e. The molecule has 0 saturated carbocycles. The number of nitrogens with zero attached hydrogens (tertiary/aromatic N) is 1. The Balaban J connectivity index is 1.89. The number of ether oxygens (including phenoxy) is 1. The van der Waals surface area contributed by atoms with Crippen LogP contribution in [0.2, 0.25) is 0 Å². The van der Waals surface area contributed by atoms with Crippen molar-refractivity contribution in [1.29, 1.82) is 0 Å². The molecule has 1 amide bonds. The van der Waals surface area contributed by atoms with Crippen LogP contribution in [-0.4, -0.2) is 29.5 Å². The van der Waals surface area contributed by atoms with E-state index in [1.807, 2.05) is 0 Å². The molecule has 0 bridgehead atoms. The first kappa shape index (κ1) is 20.8. The molecular weight excluding hydrogens is 376 g/mol. The van der Waals surface area contributed by atoms with Gasteiger partial charge in [-0.1, -0.05) is 13.8 Å². The van der Waals surface area contributed by atoms with Gasteiger partial charge in [0.05, 0.1) is 5.69 Å². The molecule has 6 nitrogen and oxygen atoms in total. The summed E-state index contributed by atoms with van der Waals surface area (Å²) in [5, 5.41) is 7.49. The lowest BCUT2D eigenvalue weighted by Crippen LogP contribution is -2.30. The van der Waals surface area contributed by atoms with Gasteiger partial charge in [0.2, 0.25) is 0 Å². The van der Waals surface area contributed by atoms with E-state index in [4.69, 9.17) is 4.74 Å². The van der Waals surface area contributed by atoms with Crippen LogP contribution in [0.5, 0.6) is 0 Å². The van der Waals surface area contributed by atoms with Gasteiger partial charge in [-0.25, -0.2) is 18.6 Å². The molecule has 1 aromatic heterocycles.